The highest BCUT2D eigenvalue weighted by molar-refractivity contribution is 5.98. The number of hydrogen-bond acceptors (Lipinski definition) is 9. The van der Waals surface area contributed by atoms with Gasteiger partial charge in [-0.15, -0.1) is 0 Å². The van der Waals surface area contributed by atoms with Gasteiger partial charge in [0.2, 0.25) is 35.4 Å². The Kier molecular flexibility index (Phi) is 12.0. The van der Waals surface area contributed by atoms with Crippen LogP contribution in [0.15, 0.2) is 43.0 Å². The number of hydrogen-bond donors (Lipinski definition) is 9. The third-order valence-electron chi connectivity index (χ3n) is 8.23. The summed E-state index contributed by atoms with van der Waals surface area (Å²) in [6.45, 7) is 0.224. The second kappa shape index (κ2) is 16.4. The molecular weight excluding hydrogens is 640 g/mol. The molecule has 3 heterocycles. The molecule has 2 aromatic heterocycles. The summed E-state index contributed by atoms with van der Waals surface area (Å²) in [6.07, 6.45) is 3.81. The standard InChI is InChI=1S/C31H40N10O8/c32-19(11-17-14-35-15-37-17)28(46)38-21(7-8-26(43)44)29(47)39-22(12-25(33)42)30(48)40-23(31(49)41-9-3-6-24(41)27(34)45)10-16-13-36-20-5-2-1-4-18(16)20/h1-2,4-5,13-15,19,21-24,36H,3,6-12,32H2,(H2,33,42)(H2,34,45)(H,35,37)(H,38,46)(H,39,47)(H,40,48)(H,43,44)/t19-,21-,22-,23-,24-/m0/s1. The molecule has 0 aliphatic carbocycles. The summed E-state index contributed by atoms with van der Waals surface area (Å²) >= 11 is 0. The van der Waals surface area contributed by atoms with E-state index in [2.05, 4.69) is 30.9 Å². The number of primary amides is 2. The van der Waals surface area contributed by atoms with E-state index in [0.717, 1.165) is 10.9 Å². The third-order valence-corrected chi connectivity index (χ3v) is 8.23. The van der Waals surface area contributed by atoms with Crippen molar-refractivity contribution >= 4 is 52.3 Å². The Bertz CT molecular complexity index is 1690. The molecule has 3 aromatic rings. The summed E-state index contributed by atoms with van der Waals surface area (Å²) in [6, 6.07) is 0.912. The number of imidazole rings is 1. The number of likely N-dealkylation sites (tertiary alicyclic amines) is 1. The van der Waals surface area contributed by atoms with Gasteiger partial charge in [-0.1, -0.05) is 18.2 Å². The number of amides is 6. The molecule has 1 aliphatic heterocycles. The molecule has 262 valence electrons. The zero-order chi connectivity index (χ0) is 35.7. The summed E-state index contributed by atoms with van der Waals surface area (Å²) in [4.78, 5) is 100. The fourth-order valence-electron chi connectivity index (χ4n) is 5.74. The molecule has 1 fully saturated rings. The lowest BCUT2D eigenvalue weighted by Crippen LogP contribution is -2.59. The van der Waals surface area contributed by atoms with E-state index in [1.54, 1.807) is 12.3 Å². The first-order valence-electron chi connectivity index (χ1n) is 15.6. The van der Waals surface area contributed by atoms with Crippen LogP contribution in [0.25, 0.3) is 10.9 Å². The van der Waals surface area contributed by atoms with Crippen molar-refractivity contribution in [2.75, 3.05) is 6.54 Å². The molecule has 0 radical (unpaired) electrons. The van der Waals surface area contributed by atoms with Crippen molar-refractivity contribution in [3.05, 3.63) is 54.2 Å². The Hall–Kier alpha value is -5.78. The second-order valence-corrected chi connectivity index (χ2v) is 11.8. The smallest absolute Gasteiger partial charge is 0.303 e. The van der Waals surface area contributed by atoms with Gasteiger partial charge in [-0.05, 0) is 30.9 Å². The van der Waals surface area contributed by atoms with Crippen LogP contribution in [-0.2, 0) is 46.4 Å². The minimum atomic E-state index is -1.63. The first kappa shape index (κ1) is 36.1. The maximum Gasteiger partial charge on any atom is 0.303 e. The molecule has 1 saturated heterocycles. The van der Waals surface area contributed by atoms with E-state index in [1.165, 1.54) is 17.4 Å². The van der Waals surface area contributed by atoms with Crippen LogP contribution in [0.1, 0.15) is 43.4 Å². The lowest BCUT2D eigenvalue weighted by atomic mass is 10.0. The van der Waals surface area contributed by atoms with Crippen LogP contribution in [-0.4, -0.2) is 103 Å². The zero-order valence-electron chi connectivity index (χ0n) is 26.5. The van der Waals surface area contributed by atoms with E-state index >= 15 is 0 Å². The van der Waals surface area contributed by atoms with Gasteiger partial charge in [0.1, 0.15) is 24.2 Å². The van der Waals surface area contributed by atoms with Gasteiger partial charge in [-0.25, -0.2) is 4.98 Å². The Morgan fingerprint density at radius 2 is 1.63 bits per heavy atom. The quantitative estimate of drug-likeness (QED) is 0.0733. The van der Waals surface area contributed by atoms with Crippen molar-refractivity contribution in [3.8, 4) is 0 Å². The number of benzene rings is 1. The topological polar surface area (TPSA) is 302 Å². The van der Waals surface area contributed by atoms with Crippen LogP contribution >= 0.6 is 0 Å². The molecule has 0 spiro atoms. The zero-order valence-corrected chi connectivity index (χ0v) is 26.5. The number of nitrogens with two attached hydrogens (primary N) is 3. The number of carbonyl (C=O) groups is 7. The molecule has 49 heavy (non-hydrogen) atoms. The number of aromatic nitrogens is 3. The summed E-state index contributed by atoms with van der Waals surface area (Å²) in [5.41, 5.74) is 18.9. The van der Waals surface area contributed by atoms with Crippen LogP contribution in [0.2, 0.25) is 0 Å². The van der Waals surface area contributed by atoms with Gasteiger partial charge < -0.3 is 53.1 Å². The van der Waals surface area contributed by atoms with Crippen molar-refractivity contribution in [1.29, 1.82) is 0 Å². The second-order valence-electron chi connectivity index (χ2n) is 11.8. The fourth-order valence-corrected chi connectivity index (χ4v) is 5.74. The Morgan fingerprint density at radius 1 is 0.939 bits per heavy atom. The number of nitrogens with one attached hydrogen (secondary N) is 5. The number of aliphatic carboxylic acids is 1. The number of carboxylic acid groups (broad SMARTS) is 1. The fraction of sp³-hybridized carbons (Fsp3) is 0.419. The van der Waals surface area contributed by atoms with Gasteiger partial charge >= 0.3 is 5.97 Å². The van der Waals surface area contributed by atoms with Gasteiger partial charge in [0.05, 0.1) is 18.8 Å². The highest BCUT2D eigenvalue weighted by Gasteiger charge is 2.38. The minimum absolute atomic E-state index is 0.0285. The molecule has 1 aromatic carbocycles. The van der Waals surface area contributed by atoms with Gasteiger partial charge in [0.15, 0.2) is 0 Å². The van der Waals surface area contributed by atoms with E-state index in [-0.39, 0.29) is 25.8 Å². The van der Waals surface area contributed by atoms with Gasteiger partial charge in [0.25, 0.3) is 0 Å². The largest absolute Gasteiger partial charge is 0.481 e. The Balaban J connectivity index is 1.55. The van der Waals surface area contributed by atoms with Gasteiger partial charge in [-0.3, -0.25) is 33.6 Å². The third kappa shape index (κ3) is 9.63. The molecule has 18 heteroatoms. The van der Waals surface area contributed by atoms with Crippen molar-refractivity contribution in [3.63, 3.8) is 0 Å². The molecule has 12 N–H and O–H groups in total. The lowest BCUT2D eigenvalue weighted by Gasteiger charge is -2.29. The maximum absolute atomic E-state index is 13.9. The molecule has 18 nitrogen and oxygen atoms in total. The van der Waals surface area contributed by atoms with Crippen LogP contribution < -0.4 is 33.2 Å². The number of para-hydroxylation sites is 1. The van der Waals surface area contributed by atoms with Gasteiger partial charge in [-0.2, -0.15) is 0 Å². The van der Waals surface area contributed by atoms with E-state index in [4.69, 9.17) is 17.2 Å². The molecule has 4 rings (SSSR count). The summed E-state index contributed by atoms with van der Waals surface area (Å²) in [5.74, 6) is -6.24. The van der Waals surface area contributed by atoms with Crippen molar-refractivity contribution in [2.45, 2.75) is 75.2 Å². The van der Waals surface area contributed by atoms with Crippen LogP contribution in [0, 0.1) is 0 Å². The highest BCUT2D eigenvalue weighted by atomic mass is 16.4. The van der Waals surface area contributed by atoms with Crippen LogP contribution in [0.4, 0.5) is 0 Å². The molecule has 6 amide bonds. The number of carbonyl (C=O) groups excluding carboxylic acids is 6. The molecule has 0 saturated carbocycles. The maximum atomic E-state index is 13.9. The van der Waals surface area contributed by atoms with E-state index in [9.17, 15) is 38.7 Å². The first-order chi connectivity index (χ1) is 23.3. The predicted octanol–water partition coefficient (Wildman–Crippen LogP) is -2.33. The summed E-state index contributed by atoms with van der Waals surface area (Å²) in [7, 11) is 0. The van der Waals surface area contributed by atoms with Crippen molar-refractivity contribution in [2.24, 2.45) is 17.2 Å². The van der Waals surface area contributed by atoms with E-state index < -0.39 is 84.5 Å². The molecule has 5 atom stereocenters. The van der Waals surface area contributed by atoms with Crippen molar-refractivity contribution in [1.82, 2.24) is 35.8 Å². The minimum Gasteiger partial charge on any atom is -0.481 e. The first-order valence-corrected chi connectivity index (χ1v) is 15.6. The number of aromatic amines is 2. The van der Waals surface area contributed by atoms with Crippen LogP contribution in [0.3, 0.4) is 0 Å². The number of carboxylic acids is 1. The average molecular weight is 681 g/mol. The predicted molar refractivity (Wildman–Crippen MR) is 173 cm³/mol. The lowest BCUT2D eigenvalue weighted by molar-refractivity contribution is -0.141. The van der Waals surface area contributed by atoms with Crippen LogP contribution in [0.5, 0.6) is 0 Å². The molecule has 0 unspecified atom stereocenters. The number of rotatable bonds is 17. The summed E-state index contributed by atoms with van der Waals surface area (Å²) < 4.78 is 0. The Morgan fingerprint density at radius 3 is 2.31 bits per heavy atom. The Labute approximate surface area is 279 Å². The molecule has 0 bridgehead atoms. The molecule has 1 aliphatic rings. The number of nitrogens with zero attached hydrogens (tertiary/aromatic N) is 2. The highest BCUT2D eigenvalue weighted by Crippen LogP contribution is 2.23. The van der Waals surface area contributed by atoms with E-state index in [0.29, 0.717) is 24.1 Å². The normalized spacial score (nSPS) is 16.7. The average Bonchev–Trinajstić information content (AvgIpc) is 3.83. The summed E-state index contributed by atoms with van der Waals surface area (Å²) in [5, 5.41) is 17.4. The van der Waals surface area contributed by atoms with Crippen molar-refractivity contribution < 1.29 is 38.7 Å². The van der Waals surface area contributed by atoms with E-state index in [1.807, 2.05) is 18.2 Å². The monoisotopic (exact) mass is 680 g/mol. The SMILES string of the molecule is NC(=O)C[C@H](NC(=O)[C@H](CCC(=O)O)NC(=O)[C@@H](N)Cc1cnc[nH]1)C(=O)N[C@@H](Cc1c[nH]c2ccccc12)C(=O)N1CCC[C@H]1C(N)=O. The number of H-pyrrole nitrogens is 2. The van der Waals surface area contributed by atoms with Gasteiger partial charge in [0, 0.05) is 54.8 Å². The molecular formula is C31H40N10O8. The number of fused-ring (bicyclic) bond motifs is 1.